The van der Waals surface area contributed by atoms with Crippen LogP contribution in [0.5, 0.6) is 0 Å². The van der Waals surface area contributed by atoms with Crippen LogP contribution in [-0.2, 0) is 4.74 Å². The van der Waals surface area contributed by atoms with Gasteiger partial charge in [0.05, 0.1) is 19.3 Å². The summed E-state index contributed by atoms with van der Waals surface area (Å²) in [6.07, 6.45) is 0. The Balaban J connectivity index is 2.39. The highest BCUT2D eigenvalue weighted by Crippen LogP contribution is 2.31. The van der Waals surface area contributed by atoms with Crippen molar-refractivity contribution in [2.45, 2.75) is 9.83 Å². The van der Waals surface area contributed by atoms with Gasteiger partial charge in [-0.1, -0.05) is 34.8 Å². The molecule has 5 heteroatoms. The summed E-state index contributed by atoms with van der Waals surface area (Å²) in [5.74, 6) is 0. The van der Waals surface area contributed by atoms with Crippen LogP contribution in [0.2, 0.25) is 0 Å². The Morgan fingerprint density at radius 3 is 2.40 bits per heavy atom. The van der Waals surface area contributed by atoms with Gasteiger partial charge < -0.3 is 4.74 Å². The number of hydrogen-bond donors (Lipinski definition) is 0. The normalized spacial score (nSPS) is 28.5. The highest BCUT2D eigenvalue weighted by atomic mass is 35.6. The van der Waals surface area contributed by atoms with E-state index in [4.69, 9.17) is 39.5 Å². The van der Waals surface area contributed by atoms with Gasteiger partial charge in [-0.25, -0.2) is 5.32 Å². The van der Waals surface area contributed by atoms with Crippen LogP contribution in [0.3, 0.4) is 0 Å². The van der Waals surface area contributed by atoms with E-state index >= 15 is 0 Å². The number of nitrogens with zero attached hydrogens (tertiary/aromatic N) is 1. The van der Waals surface area contributed by atoms with Gasteiger partial charge in [0.15, 0.2) is 0 Å². The molecule has 0 aromatic carbocycles. The maximum absolute atomic E-state index is 5.57. The van der Waals surface area contributed by atoms with Crippen molar-refractivity contribution in [1.82, 2.24) is 5.32 Å². The van der Waals surface area contributed by atoms with Crippen LogP contribution in [0.1, 0.15) is 0 Å². The van der Waals surface area contributed by atoms with Crippen molar-refractivity contribution < 1.29 is 4.74 Å². The lowest BCUT2D eigenvalue weighted by Crippen LogP contribution is -2.44. The van der Waals surface area contributed by atoms with Gasteiger partial charge in [0.25, 0.3) is 0 Å². The lowest BCUT2D eigenvalue weighted by atomic mass is 10.3. The van der Waals surface area contributed by atoms with Gasteiger partial charge >= 0.3 is 0 Å². The van der Waals surface area contributed by atoms with E-state index in [9.17, 15) is 0 Å². The number of rotatable bonds is 0. The molecule has 0 aromatic heterocycles. The van der Waals surface area contributed by atoms with Crippen LogP contribution in [0.25, 0.3) is 0 Å². The van der Waals surface area contributed by atoms with Gasteiger partial charge in [-0.05, 0) is 0 Å². The highest BCUT2D eigenvalue weighted by molar-refractivity contribution is 6.68. The molecule has 1 rings (SSSR count). The molecule has 1 aliphatic rings. The molecule has 1 aliphatic heterocycles. The Morgan fingerprint density at radius 1 is 1.40 bits per heavy atom. The predicted octanol–water partition coefficient (Wildman–Crippen LogP) is 1.36. The van der Waals surface area contributed by atoms with Crippen molar-refractivity contribution in [2.24, 2.45) is 0 Å². The van der Waals surface area contributed by atoms with Crippen LogP contribution >= 0.6 is 34.8 Å². The number of halogens is 3. The minimum Gasteiger partial charge on any atom is -0.378 e. The highest BCUT2D eigenvalue weighted by Gasteiger charge is 2.34. The average molecular weight is 203 g/mol. The van der Waals surface area contributed by atoms with Gasteiger partial charge in [0.2, 0.25) is 3.79 Å². The van der Waals surface area contributed by atoms with Crippen LogP contribution in [0.15, 0.2) is 0 Å². The maximum atomic E-state index is 5.57. The molecule has 1 unspecified atom stereocenters. The largest absolute Gasteiger partial charge is 0.378 e. The second kappa shape index (κ2) is 3.46. The number of hydrogen-bond acceptors (Lipinski definition) is 1. The second-order valence-electron chi connectivity index (χ2n) is 2.04. The second-order valence-corrected chi connectivity index (χ2v) is 4.41. The first-order valence-corrected chi connectivity index (χ1v) is 4.05. The van der Waals surface area contributed by atoms with Crippen molar-refractivity contribution in [3.05, 3.63) is 0 Å². The quantitative estimate of drug-likeness (QED) is 0.545. The molecule has 0 bridgehead atoms. The molecule has 0 aliphatic carbocycles. The fourth-order valence-corrected chi connectivity index (χ4v) is 1.11. The van der Waals surface area contributed by atoms with Gasteiger partial charge in [-0.15, -0.1) is 0 Å². The van der Waals surface area contributed by atoms with Gasteiger partial charge in [0.1, 0.15) is 0 Å². The first kappa shape index (κ1) is 8.88. The van der Waals surface area contributed by atoms with Crippen molar-refractivity contribution in [2.75, 3.05) is 19.8 Å². The topological polar surface area (TPSA) is 23.3 Å². The zero-order valence-electron chi connectivity index (χ0n) is 5.19. The molecule has 59 valence electrons. The Morgan fingerprint density at radius 2 is 2.10 bits per heavy atom. The third-order valence-corrected chi connectivity index (χ3v) is 1.99. The van der Waals surface area contributed by atoms with E-state index in [2.05, 4.69) is 5.32 Å². The average Bonchev–Trinajstić information content (AvgIpc) is 1.88. The molecular weight excluding hydrogens is 196 g/mol. The van der Waals surface area contributed by atoms with E-state index in [1.807, 2.05) is 0 Å². The molecule has 0 N–H and O–H groups in total. The van der Waals surface area contributed by atoms with Crippen molar-refractivity contribution >= 4 is 34.8 Å². The predicted molar refractivity (Wildman–Crippen MR) is 41.9 cm³/mol. The first-order valence-electron chi connectivity index (χ1n) is 2.92. The van der Waals surface area contributed by atoms with E-state index in [0.29, 0.717) is 19.8 Å². The molecule has 10 heavy (non-hydrogen) atoms. The van der Waals surface area contributed by atoms with E-state index in [1.54, 1.807) is 0 Å². The summed E-state index contributed by atoms with van der Waals surface area (Å²) in [5.41, 5.74) is 0. The molecule has 0 saturated carbocycles. The SMILES string of the molecule is ClC(Cl)(Cl)C1COCC[N]1. The number of ether oxygens (including phenoxy) is 1. The summed E-state index contributed by atoms with van der Waals surface area (Å²) in [5, 5.41) is 4.08. The van der Waals surface area contributed by atoms with Gasteiger partial charge in [-0.2, -0.15) is 0 Å². The molecule has 0 aromatic rings. The molecule has 2 nitrogen and oxygen atoms in total. The molecule has 1 radical (unpaired) electrons. The van der Waals surface area contributed by atoms with Crippen LogP contribution in [-0.4, -0.2) is 29.6 Å². The minimum atomic E-state index is -1.31. The molecule has 1 heterocycles. The summed E-state index contributed by atoms with van der Waals surface area (Å²) in [6, 6.07) is -0.300. The first-order chi connectivity index (χ1) is 4.61. The third-order valence-electron chi connectivity index (χ3n) is 1.24. The Kier molecular flexibility index (Phi) is 3.07. The molecule has 1 saturated heterocycles. The summed E-state index contributed by atoms with van der Waals surface area (Å²) < 4.78 is 3.76. The molecule has 1 atom stereocenters. The summed E-state index contributed by atoms with van der Waals surface area (Å²) in [6.45, 7) is 1.67. The molecule has 0 amide bonds. The smallest absolute Gasteiger partial charge is 0.209 e. The molecule has 0 spiro atoms. The molecular formula is C5H7Cl3NO. The van der Waals surface area contributed by atoms with E-state index in [-0.39, 0.29) is 6.04 Å². The minimum absolute atomic E-state index is 0.300. The van der Waals surface area contributed by atoms with Crippen molar-refractivity contribution in [1.29, 1.82) is 0 Å². The lowest BCUT2D eigenvalue weighted by Gasteiger charge is -2.27. The number of morpholine rings is 1. The summed E-state index contributed by atoms with van der Waals surface area (Å²) in [7, 11) is 0. The third kappa shape index (κ3) is 2.44. The fourth-order valence-electron chi connectivity index (χ4n) is 0.719. The van der Waals surface area contributed by atoms with Crippen LogP contribution in [0.4, 0.5) is 0 Å². The zero-order valence-corrected chi connectivity index (χ0v) is 7.46. The van der Waals surface area contributed by atoms with Crippen molar-refractivity contribution in [3.8, 4) is 0 Å². The molecule has 1 fully saturated rings. The van der Waals surface area contributed by atoms with Crippen molar-refractivity contribution in [3.63, 3.8) is 0 Å². The van der Waals surface area contributed by atoms with E-state index in [1.165, 1.54) is 0 Å². The van der Waals surface area contributed by atoms with E-state index in [0.717, 1.165) is 0 Å². The Bertz CT molecular complexity index is 108. The number of alkyl halides is 3. The van der Waals surface area contributed by atoms with Crippen LogP contribution < -0.4 is 5.32 Å². The Hall–Kier alpha value is 0.790. The lowest BCUT2D eigenvalue weighted by molar-refractivity contribution is 0.0757. The van der Waals surface area contributed by atoms with E-state index < -0.39 is 3.79 Å². The Labute approximate surface area is 74.8 Å². The summed E-state index contributed by atoms with van der Waals surface area (Å²) >= 11 is 16.7. The fraction of sp³-hybridized carbons (Fsp3) is 1.00. The monoisotopic (exact) mass is 202 g/mol. The maximum Gasteiger partial charge on any atom is 0.209 e. The summed E-state index contributed by atoms with van der Waals surface area (Å²) in [4.78, 5) is 0. The van der Waals surface area contributed by atoms with Gasteiger partial charge in [-0.3, -0.25) is 0 Å². The standard InChI is InChI=1S/C5H7Cl3NO/c6-5(7,8)4-3-10-2-1-9-4/h4H,1-3H2. The van der Waals surface area contributed by atoms with Gasteiger partial charge in [0, 0.05) is 6.54 Å². The van der Waals surface area contributed by atoms with Crippen LogP contribution in [0, 0.1) is 0 Å². The zero-order chi connectivity index (χ0) is 7.61.